The Bertz CT molecular complexity index is 362. The van der Waals surface area contributed by atoms with E-state index in [2.05, 4.69) is 20.7 Å². The summed E-state index contributed by atoms with van der Waals surface area (Å²) in [7, 11) is 0.216. The Kier molecular flexibility index (Phi) is 11.8. The molecule has 0 saturated heterocycles. The molecule has 0 aromatic heterocycles. The molecule has 0 aromatic carbocycles. The first-order valence-electron chi connectivity index (χ1n) is 6.15. The number of carbonyl (C=O) groups excluding carboxylic acids is 1. The third-order valence-corrected chi connectivity index (χ3v) is 2.77. The first kappa shape index (κ1) is 20.4. The van der Waals surface area contributed by atoms with Crippen LogP contribution in [0.4, 0.5) is 0 Å². The first-order chi connectivity index (χ1) is 8.60. The van der Waals surface area contributed by atoms with E-state index < -0.39 is 10.1 Å². The van der Waals surface area contributed by atoms with Gasteiger partial charge in [0, 0.05) is 17.7 Å². The lowest BCUT2D eigenvalue weighted by Crippen LogP contribution is -3.05. The lowest BCUT2D eigenvalue weighted by atomic mass is 10.3. The minimum Gasteiger partial charge on any atom is -0.748 e. The Morgan fingerprint density at radius 2 is 1.89 bits per heavy atom. The molecule has 0 unspecified atom stereocenters. The summed E-state index contributed by atoms with van der Waals surface area (Å²) in [5.41, 5.74) is 0.465. The highest BCUT2D eigenvalue weighted by molar-refractivity contribution is 7.85. The number of nitrogens with one attached hydrogen (secondary N) is 1. The molecule has 0 saturated carbocycles. The summed E-state index contributed by atoms with van der Waals surface area (Å²) in [4.78, 5) is 12.2. The standard InChI is InChI=1S/C9H17NO2.C3H8O3S/c1-8(2)9(11)12-7-5-6-10(3)4;1-2-3-7(4,5)6/h1,5-7H2,2-4H3;2-3H2,1H3,(H,4,5,6). The monoisotopic (exact) mass is 295 g/mol. The van der Waals surface area contributed by atoms with Gasteiger partial charge in [0.05, 0.1) is 37.4 Å². The van der Waals surface area contributed by atoms with Crippen LogP contribution < -0.4 is 4.90 Å². The predicted molar refractivity (Wildman–Crippen MR) is 72.9 cm³/mol. The Morgan fingerprint density at radius 1 is 1.37 bits per heavy atom. The van der Waals surface area contributed by atoms with Gasteiger partial charge in [-0.15, -0.1) is 0 Å². The minimum atomic E-state index is -3.92. The van der Waals surface area contributed by atoms with E-state index in [9.17, 15) is 17.8 Å². The van der Waals surface area contributed by atoms with Crippen molar-refractivity contribution in [2.75, 3.05) is 33.0 Å². The van der Waals surface area contributed by atoms with Crippen LogP contribution in [0.3, 0.4) is 0 Å². The van der Waals surface area contributed by atoms with Gasteiger partial charge in [0.2, 0.25) is 0 Å². The number of ether oxygens (including phenoxy) is 1. The fraction of sp³-hybridized carbons (Fsp3) is 0.750. The van der Waals surface area contributed by atoms with Crippen LogP contribution in [0.15, 0.2) is 12.2 Å². The number of esters is 1. The van der Waals surface area contributed by atoms with E-state index in [1.54, 1.807) is 13.8 Å². The Hall–Kier alpha value is -0.920. The highest BCUT2D eigenvalue weighted by atomic mass is 32.2. The van der Waals surface area contributed by atoms with E-state index in [1.165, 1.54) is 4.90 Å². The highest BCUT2D eigenvalue weighted by Gasteiger charge is 2.02. The quantitative estimate of drug-likeness (QED) is 0.298. The summed E-state index contributed by atoms with van der Waals surface area (Å²) in [6, 6.07) is 0. The maximum Gasteiger partial charge on any atom is 0.333 e. The van der Waals surface area contributed by atoms with Crippen LogP contribution in [-0.2, 0) is 19.6 Å². The van der Waals surface area contributed by atoms with Crippen molar-refractivity contribution in [3.63, 3.8) is 0 Å². The normalized spacial score (nSPS) is 10.6. The topological polar surface area (TPSA) is 87.9 Å². The zero-order chi connectivity index (χ0) is 15.5. The summed E-state index contributed by atoms with van der Waals surface area (Å²) in [6.07, 6.45) is 1.31. The van der Waals surface area contributed by atoms with Crippen LogP contribution in [0, 0.1) is 0 Å². The molecule has 0 aliphatic carbocycles. The van der Waals surface area contributed by atoms with E-state index in [1.807, 2.05) is 0 Å². The van der Waals surface area contributed by atoms with Gasteiger partial charge >= 0.3 is 5.97 Å². The smallest absolute Gasteiger partial charge is 0.333 e. The molecule has 0 aromatic rings. The van der Waals surface area contributed by atoms with Gasteiger partial charge in [-0.2, -0.15) is 0 Å². The van der Waals surface area contributed by atoms with Gasteiger partial charge in [-0.3, -0.25) is 0 Å². The molecule has 7 heteroatoms. The third-order valence-electron chi connectivity index (χ3n) is 1.86. The molecule has 0 fully saturated rings. The van der Waals surface area contributed by atoms with Crippen molar-refractivity contribution in [2.45, 2.75) is 26.7 Å². The van der Waals surface area contributed by atoms with Gasteiger partial charge in [0.25, 0.3) is 0 Å². The molecule has 0 rings (SSSR count). The SMILES string of the molecule is C=C(C)C(=O)OCCC[NH+](C)C.CCCS(=O)(=O)[O-]. The largest absolute Gasteiger partial charge is 0.748 e. The molecule has 0 bridgehead atoms. The van der Waals surface area contributed by atoms with Crippen molar-refractivity contribution < 1.29 is 27.4 Å². The molecular formula is C12H25NO5S. The molecule has 0 aliphatic heterocycles. The van der Waals surface area contributed by atoms with Gasteiger partial charge in [-0.25, -0.2) is 13.2 Å². The maximum absolute atomic E-state index is 10.9. The number of hydrogen-bond acceptors (Lipinski definition) is 5. The van der Waals surface area contributed by atoms with Crippen LogP contribution in [-0.4, -0.2) is 51.9 Å². The molecule has 6 nitrogen and oxygen atoms in total. The van der Waals surface area contributed by atoms with Gasteiger partial charge < -0.3 is 14.2 Å². The van der Waals surface area contributed by atoms with Crippen molar-refractivity contribution >= 4 is 16.1 Å². The summed E-state index contributed by atoms with van der Waals surface area (Å²) in [6.45, 7) is 8.30. The molecule has 114 valence electrons. The molecule has 0 amide bonds. The lowest BCUT2D eigenvalue weighted by molar-refractivity contribution is -0.858. The van der Waals surface area contributed by atoms with Crippen molar-refractivity contribution in [2.24, 2.45) is 0 Å². The Balaban J connectivity index is 0. The Labute approximate surface area is 116 Å². The van der Waals surface area contributed by atoms with E-state index >= 15 is 0 Å². The molecule has 0 heterocycles. The predicted octanol–water partition coefficient (Wildman–Crippen LogP) is -0.418. The van der Waals surface area contributed by atoms with Gasteiger partial charge in [-0.1, -0.05) is 13.5 Å². The van der Waals surface area contributed by atoms with Gasteiger partial charge in [-0.05, 0) is 13.3 Å². The fourth-order valence-corrected chi connectivity index (χ4v) is 1.46. The number of carbonyl (C=O) groups is 1. The average molecular weight is 295 g/mol. The summed E-state index contributed by atoms with van der Waals surface area (Å²) >= 11 is 0. The zero-order valence-corrected chi connectivity index (χ0v) is 13.0. The summed E-state index contributed by atoms with van der Waals surface area (Å²) in [5.74, 6) is -0.531. The summed E-state index contributed by atoms with van der Waals surface area (Å²) < 4.78 is 33.9. The lowest BCUT2D eigenvalue weighted by Gasteiger charge is -2.07. The zero-order valence-electron chi connectivity index (χ0n) is 12.2. The second-order valence-corrected chi connectivity index (χ2v) is 6.01. The molecule has 0 atom stereocenters. The second kappa shape index (κ2) is 11.0. The first-order valence-corrected chi connectivity index (χ1v) is 7.73. The minimum absolute atomic E-state index is 0.243. The van der Waals surface area contributed by atoms with Crippen molar-refractivity contribution in [3.8, 4) is 0 Å². The summed E-state index contributed by atoms with van der Waals surface area (Å²) in [5, 5.41) is 0. The van der Waals surface area contributed by atoms with E-state index in [0.29, 0.717) is 18.6 Å². The Morgan fingerprint density at radius 3 is 2.16 bits per heavy atom. The molecular weight excluding hydrogens is 270 g/mol. The van der Waals surface area contributed by atoms with Crippen molar-refractivity contribution in [1.29, 1.82) is 0 Å². The van der Waals surface area contributed by atoms with Gasteiger partial charge in [0.1, 0.15) is 0 Å². The fourth-order valence-electron chi connectivity index (χ4n) is 0.964. The molecule has 19 heavy (non-hydrogen) atoms. The van der Waals surface area contributed by atoms with Crippen LogP contribution in [0.2, 0.25) is 0 Å². The molecule has 0 radical (unpaired) electrons. The van der Waals surface area contributed by atoms with Crippen LogP contribution in [0.25, 0.3) is 0 Å². The van der Waals surface area contributed by atoms with Crippen LogP contribution in [0.5, 0.6) is 0 Å². The maximum atomic E-state index is 10.9. The highest BCUT2D eigenvalue weighted by Crippen LogP contribution is 1.91. The van der Waals surface area contributed by atoms with E-state index in [-0.39, 0.29) is 11.7 Å². The van der Waals surface area contributed by atoms with E-state index in [0.717, 1.165) is 13.0 Å². The third kappa shape index (κ3) is 19.6. The molecule has 0 spiro atoms. The van der Waals surface area contributed by atoms with Crippen LogP contribution in [0.1, 0.15) is 26.7 Å². The van der Waals surface area contributed by atoms with E-state index in [4.69, 9.17) is 4.74 Å². The molecule has 0 aliphatic rings. The van der Waals surface area contributed by atoms with Gasteiger partial charge in [0.15, 0.2) is 0 Å². The number of hydrogen-bond donors (Lipinski definition) is 1. The van der Waals surface area contributed by atoms with Crippen molar-refractivity contribution in [3.05, 3.63) is 12.2 Å². The average Bonchev–Trinajstić information content (AvgIpc) is 2.22. The molecule has 1 N–H and O–H groups in total. The van der Waals surface area contributed by atoms with Crippen LogP contribution >= 0.6 is 0 Å². The van der Waals surface area contributed by atoms with Crippen molar-refractivity contribution in [1.82, 2.24) is 0 Å². The second-order valence-electron chi connectivity index (χ2n) is 4.49. The number of quaternary nitrogens is 1. The number of rotatable bonds is 7.